The molecule has 2 aromatic carbocycles. The molecule has 1 atom stereocenters. The third kappa shape index (κ3) is 4.97. The van der Waals surface area contributed by atoms with Crippen LogP contribution in [-0.4, -0.2) is 36.3 Å². The van der Waals surface area contributed by atoms with Crippen LogP contribution in [0.3, 0.4) is 0 Å². The van der Waals surface area contributed by atoms with Crippen molar-refractivity contribution in [2.24, 2.45) is 11.3 Å². The van der Waals surface area contributed by atoms with Gasteiger partial charge in [-0.25, -0.2) is 4.39 Å². The molecule has 1 aromatic heterocycles. The molecular formula is C30H31F2NO2S. The summed E-state index contributed by atoms with van der Waals surface area (Å²) in [5.41, 5.74) is 2.38. The second kappa shape index (κ2) is 9.83. The second-order valence-corrected chi connectivity index (χ2v) is 11.4. The Hall–Kier alpha value is -2.96. The topological polar surface area (TPSA) is 32.7 Å². The Morgan fingerprint density at radius 3 is 2.78 bits per heavy atom. The fourth-order valence-corrected chi connectivity index (χ4v) is 6.05. The van der Waals surface area contributed by atoms with Crippen molar-refractivity contribution in [2.45, 2.75) is 26.7 Å². The zero-order valence-corrected chi connectivity index (χ0v) is 21.5. The number of thiophene rings is 1. The van der Waals surface area contributed by atoms with Gasteiger partial charge in [-0.1, -0.05) is 25.6 Å². The lowest BCUT2D eigenvalue weighted by Gasteiger charge is -2.40. The molecule has 36 heavy (non-hydrogen) atoms. The van der Waals surface area contributed by atoms with E-state index in [4.69, 9.17) is 4.74 Å². The molecule has 3 aromatic rings. The molecule has 5 rings (SSSR count). The predicted octanol–water partition coefficient (Wildman–Crippen LogP) is 7.64. The largest absolute Gasteiger partial charge is 0.508 e. The first-order chi connectivity index (χ1) is 17.2. The first-order valence-corrected chi connectivity index (χ1v) is 13.1. The third-order valence-corrected chi connectivity index (χ3v) is 8.51. The van der Waals surface area contributed by atoms with Gasteiger partial charge in [-0.15, -0.1) is 11.3 Å². The molecule has 1 N–H and O–H groups in total. The van der Waals surface area contributed by atoms with Crippen LogP contribution in [-0.2, 0) is 0 Å². The number of allylic oxidation sites excluding steroid dienone is 3. The molecule has 0 spiro atoms. The van der Waals surface area contributed by atoms with E-state index in [9.17, 15) is 13.9 Å². The smallest absolute Gasteiger partial charge is 0.153 e. The number of phenols is 1. The quantitative estimate of drug-likeness (QED) is 0.340. The van der Waals surface area contributed by atoms with E-state index in [2.05, 4.69) is 30.6 Å². The molecule has 6 heteroatoms. The predicted molar refractivity (Wildman–Crippen MR) is 144 cm³/mol. The average Bonchev–Trinajstić information content (AvgIpc) is 3.18. The first-order valence-electron chi connectivity index (χ1n) is 12.3. The summed E-state index contributed by atoms with van der Waals surface area (Å²) in [6.07, 6.45) is 8.20. The molecule has 0 bridgehead atoms. The van der Waals surface area contributed by atoms with Crippen LogP contribution in [0.1, 0.15) is 35.8 Å². The Balaban J connectivity index is 1.38. The summed E-state index contributed by atoms with van der Waals surface area (Å²) in [6.45, 7) is 10.9. The Kier molecular flexibility index (Phi) is 6.75. The lowest BCUT2D eigenvalue weighted by molar-refractivity contribution is 0.0710. The molecule has 1 aliphatic carbocycles. The number of likely N-dealkylation sites (tertiary alicyclic amines) is 1. The van der Waals surface area contributed by atoms with Gasteiger partial charge in [-0.3, -0.25) is 4.39 Å². The Bertz CT molecular complexity index is 1370. The molecule has 2 heterocycles. The second-order valence-electron chi connectivity index (χ2n) is 10.3. The van der Waals surface area contributed by atoms with Crippen molar-refractivity contribution < 1.29 is 18.6 Å². The fourth-order valence-electron chi connectivity index (χ4n) is 4.91. The van der Waals surface area contributed by atoms with E-state index in [0.29, 0.717) is 11.3 Å². The third-order valence-electron chi connectivity index (χ3n) is 7.32. The Morgan fingerprint density at radius 1 is 1.25 bits per heavy atom. The number of hydrogen-bond donors (Lipinski definition) is 1. The fraction of sp³-hybridized carbons (Fsp3) is 0.333. The highest BCUT2D eigenvalue weighted by Gasteiger charge is 2.30. The summed E-state index contributed by atoms with van der Waals surface area (Å²) < 4.78 is 34.1. The van der Waals surface area contributed by atoms with Crippen LogP contribution in [0.15, 0.2) is 67.0 Å². The lowest BCUT2D eigenvalue weighted by Crippen LogP contribution is -2.48. The van der Waals surface area contributed by atoms with Gasteiger partial charge in [0, 0.05) is 29.1 Å². The highest BCUT2D eigenvalue weighted by atomic mass is 32.1. The minimum atomic E-state index is -0.311. The zero-order valence-electron chi connectivity index (χ0n) is 20.7. The zero-order chi connectivity index (χ0) is 25.4. The van der Waals surface area contributed by atoms with Crippen LogP contribution in [0.4, 0.5) is 8.78 Å². The number of phenolic OH excluding ortho intramolecular Hbond substituents is 1. The summed E-state index contributed by atoms with van der Waals surface area (Å²) >= 11 is 1.48. The molecular weight excluding hydrogens is 476 g/mol. The van der Waals surface area contributed by atoms with E-state index >= 15 is 0 Å². The van der Waals surface area contributed by atoms with Gasteiger partial charge in [0.2, 0.25) is 0 Å². The summed E-state index contributed by atoms with van der Waals surface area (Å²) in [4.78, 5) is 3.13. The van der Waals surface area contributed by atoms with Crippen LogP contribution in [0.25, 0.3) is 15.7 Å². The number of aromatic hydroxyl groups is 1. The molecule has 3 nitrogen and oxygen atoms in total. The summed E-state index contributed by atoms with van der Waals surface area (Å²) in [5.74, 6) is 1.50. The molecule has 1 unspecified atom stereocenters. The molecule has 1 saturated heterocycles. The first kappa shape index (κ1) is 24.7. The molecule has 188 valence electrons. The number of aryl methyl sites for hydroxylation is 1. The number of fused-ring (bicyclic) bond motifs is 1. The van der Waals surface area contributed by atoms with Gasteiger partial charge in [0.25, 0.3) is 0 Å². The van der Waals surface area contributed by atoms with Crippen molar-refractivity contribution in [1.82, 2.24) is 4.90 Å². The molecule has 0 radical (unpaired) electrons. The van der Waals surface area contributed by atoms with Gasteiger partial charge in [0.15, 0.2) is 5.75 Å². The summed E-state index contributed by atoms with van der Waals surface area (Å²) in [6, 6.07) is 9.91. The number of nitrogens with zero attached hydrogens (tertiary/aromatic N) is 1. The van der Waals surface area contributed by atoms with Crippen molar-refractivity contribution >= 4 is 27.0 Å². The SMILES string of the molecule is C=C(c1cc(F)ccc1C)c1sc2cc(O)ccc2c1OC1=CCC(C)(CCN2CC(CF)C2)C=C1. The van der Waals surface area contributed by atoms with E-state index < -0.39 is 0 Å². The average molecular weight is 508 g/mol. The van der Waals surface area contributed by atoms with Gasteiger partial charge in [0.1, 0.15) is 17.3 Å². The van der Waals surface area contributed by atoms with Gasteiger partial charge in [-0.2, -0.15) is 0 Å². The van der Waals surface area contributed by atoms with Crippen LogP contribution in [0, 0.1) is 24.1 Å². The van der Waals surface area contributed by atoms with Crippen LogP contribution in [0.2, 0.25) is 0 Å². The normalized spacial score (nSPS) is 20.4. The van der Waals surface area contributed by atoms with E-state index in [0.717, 1.165) is 64.3 Å². The molecule has 0 saturated carbocycles. The van der Waals surface area contributed by atoms with Crippen molar-refractivity contribution in [3.63, 3.8) is 0 Å². The van der Waals surface area contributed by atoms with Crippen molar-refractivity contribution in [1.29, 1.82) is 0 Å². The highest BCUT2D eigenvalue weighted by molar-refractivity contribution is 7.20. The Labute approximate surface area is 215 Å². The molecule has 1 aliphatic heterocycles. The lowest BCUT2D eigenvalue weighted by atomic mass is 9.80. The standard InChI is InChI=1S/C30H31F2NO2S/c1-19-4-5-22(32)14-26(19)20(2)29-28(25-7-6-23(34)15-27(25)36-29)35-24-8-10-30(3,11-9-24)12-13-33-17-21(16-31)18-33/h4-10,14-15,21,34H,2,11-13,16-18H2,1,3H3. The van der Waals surface area contributed by atoms with Crippen LogP contribution in [0.5, 0.6) is 11.5 Å². The number of halogens is 2. The molecule has 0 amide bonds. The number of benzene rings is 2. The van der Waals surface area contributed by atoms with E-state index in [1.165, 1.54) is 23.5 Å². The number of ether oxygens (including phenoxy) is 1. The summed E-state index contributed by atoms with van der Waals surface area (Å²) in [7, 11) is 0. The van der Waals surface area contributed by atoms with Crippen LogP contribution < -0.4 is 4.74 Å². The van der Waals surface area contributed by atoms with Crippen molar-refractivity contribution in [2.75, 3.05) is 26.3 Å². The minimum Gasteiger partial charge on any atom is -0.508 e. The molecule has 1 fully saturated rings. The summed E-state index contributed by atoms with van der Waals surface area (Å²) in [5, 5.41) is 10.9. The Morgan fingerprint density at radius 2 is 2.06 bits per heavy atom. The van der Waals surface area contributed by atoms with E-state index in [1.807, 2.05) is 19.1 Å². The number of rotatable bonds is 8. The maximum Gasteiger partial charge on any atom is 0.153 e. The van der Waals surface area contributed by atoms with Gasteiger partial charge < -0.3 is 14.7 Å². The maximum atomic E-state index is 14.1. The van der Waals surface area contributed by atoms with E-state index in [1.54, 1.807) is 18.2 Å². The minimum absolute atomic E-state index is 0.0290. The van der Waals surface area contributed by atoms with Crippen molar-refractivity contribution in [3.8, 4) is 11.5 Å². The van der Waals surface area contributed by atoms with Gasteiger partial charge >= 0.3 is 0 Å². The molecule has 2 aliphatic rings. The van der Waals surface area contributed by atoms with E-state index in [-0.39, 0.29) is 29.6 Å². The number of hydrogen-bond acceptors (Lipinski definition) is 4. The highest BCUT2D eigenvalue weighted by Crippen LogP contribution is 2.46. The maximum absolute atomic E-state index is 14.1. The van der Waals surface area contributed by atoms with Gasteiger partial charge in [0.05, 0.1) is 11.6 Å². The number of alkyl halides is 1. The van der Waals surface area contributed by atoms with Crippen LogP contribution >= 0.6 is 11.3 Å². The van der Waals surface area contributed by atoms with Gasteiger partial charge in [-0.05, 0) is 90.9 Å². The van der Waals surface area contributed by atoms with Crippen molar-refractivity contribution in [3.05, 3.63) is 88.8 Å². The monoisotopic (exact) mass is 507 g/mol.